The van der Waals surface area contributed by atoms with Gasteiger partial charge in [0.05, 0.1) is 69.1 Å². The van der Waals surface area contributed by atoms with E-state index in [1.54, 1.807) is 66.7 Å². The Morgan fingerprint density at radius 3 is 1.01 bits per heavy atom. The maximum Gasteiger partial charge on any atom is 0.338 e. The first-order chi connectivity index (χ1) is 56.0. The Morgan fingerprint density at radius 2 is 0.640 bits per heavy atom. The Balaban J connectivity index is 0.841. The number of hydrogen-bond acceptors (Lipinski definition) is 12. The fourth-order valence-corrected chi connectivity index (χ4v) is 14.4. The van der Waals surface area contributed by atoms with Crippen molar-refractivity contribution in [2.75, 3.05) is 0 Å². The summed E-state index contributed by atoms with van der Waals surface area (Å²) in [5.74, 6) is -1.30. The van der Waals surface area contributed by atoms with Gasteiger partial charge in [-0.1, -0.05) is 194 Å². The van der Waals surface area contributed by atoms with Crippen LogP contribution in [0.5, 0.6) is 0 Å². The summed E-state index contributed by atoms with van der Waals surface area (Å²) in [6, 6.07) is 103. The highest BCUT2D eigenvalue weighted by atomic mass is 16.5. The molecule has 0 radical (unpaired) electrons. The Kier molecular flexibility index (Phi) is 19.5. The lowest BCUT2D eigenvalue weighted by molar-refractivity contribution is 0.0464. The summed E-state index contributed by atoms with van der Waals surface area (Å²) < 4.78 is 27.6. The van der Waals surface area contributed by atoms with Crippen molar-refractivity contribution in [3.8, 4) is 85.0 Å². The lowest BCUT2D eigenvalue weighted by Gasteiger charge is -2.17. The number of hydrogen-bond donors (Lipinski definition) is 0. The molecule has 0 N–H and O–H groups in total. The second-order valence-corrected chi connectivity index (χ2v) is 27.2. The van der Waals surface area contributed by atoms with E-state index in [0.29, 0.717) is 139 Å². The van der Waals surface area contributed by atoms with Crippen molar-refractivity contribution >= 4 is 78.9 Å². The average Bonchev–Trinajstić information content (AvgIpc) is 1.57. The van der Waals surface area contributed by atoms with Crippen LogP contribution in [0.4, 0.5) is 11.4 Å². The van der Waals surface area contributed by atoms with Crippen LogP contribution in [-0.4, -0.2) is 48.0 Å². The molecule has 3 aromatic heterocycles. The van der Waals surface area contributed by atoms with Gasteiger partial charge < -0.3 is 28.1 Å². The number of esters is 4. The van der Waals surface area contributed by atoms with E-state index in [-0.39, 0.29) is 38.1 Å². The minimum absolute atomic E-state index is 0.0593. The first-order valence-corrected chi connectivity index (χ1v) is 36.6. The molecule has 3 heterocycles. The molecule has 0 aliphatic rings. The predicted octanol–water partition coefficient (Wildman–Crippen LogP) is 22.5. The van der Waals surface area contributed by atoms with Gasteiger partial charge in [0, 0.05) is 49.6 Å². The SMILES string of the molecule is [C-]#[N+]c1cccc(-c2ccc(-c3nc(-c4ccc(-n5c6ccc(C(=O)OCc7ccccc7)cc6c6cc(C(=O)OCc7ccccc7)ccc65)cc4-c4cccc(C#N)c4)nc(-c4ccc(-n5c6ccc(C(=O)OCc7ccccc7)cc6c6cc(C(=O)OCc7ccccc7)ccc65)cc4-c4cccc([N+]#[C-])c4)n3)cc2)c1. The summed E-state index contributed by atoms with van der Waals surface area (Å²) in [6.07, 6.45) is 0. The minimum atomic E-state index is -0.531. The molecule has 0 aliphatic heterocycles. The monoisotopic (exact) mass is 1480 g/mol. The summed E-state index contributed by atoms with van der Waals surface area (Å²) >= 11 is 0. The molecule has 0 saturated heterocycles. The van der Waals surface area contributed by atoms with Crippen LogP contribution in [0.15, 0.2) is 328 Å². The zero-order chi connectivity index (χ0) is 77.6. The van der Waals surface area contributed by atoms with E-state index in [4.69, 9.17) is 47.0 Å². The van der Waals surface area contributed by atoms with Crippen LogP contribution in [0.3, 0.4) is 0 Å². The van der Waals surface area contributed by atoms with Crippen LogP contribution in [0.2, 0.25) is 0 Å². The van der Waals surface area contributed by atoms with E-state index < -0.39 is 23.9 Å². The molecule has 0 bridgehead atoms. The van der Waals surface area contributed by atoms with Crippen LogP contribution >= 0.6 is 0 Å². The second-order valence-electron chi connectivity index (χ2n) is 27.2. The van der Waals surface area contributed by atoms with Gasteiger partial charge in [-0.15, -0.1) is 0 Å². The highest BCUT2D eigenvalue weighted by molar-refractivity contribution is 6.15. The zero-order valence-corrected chi connectivity index (χ0v) is 60.8. The van der Waals surface area contributed by atoms with Gasteiger partial charge in [-0.25, -0.2) is 43.8 Å². The lowest BCUT2D eigenvalue weighted by atomic mass is 9.96. The summed E-state index contributed by atoms with van der Waals surface area (Å²) in [6.45, 7) is 16.3. The predicted molar refractivity (Wildman–Crippen MR) is 441 cm³/mol. The summed E-state index contributed by atoms with van der Waals surface area (Å²) in [7, 11) is 0. The fourth-order valence-electron chi connectivity index (χ4n) is 14.4. The van der Waals surface area contributed by atoms with Gasteiger partial charge in [0.15, 0.2) is 28.8 Å². The normalized spacial score (nSPS) is 11.1. The van der Waals surface area contributed by atoms with Gasteiger partial charge in [0.2, 0.25) is 0 Å². The van der Waals surface area contributed by atoms with E-state index in [9.17, 15) is 24.4 Å². The number of carbonyl (C=O) groups is 4. The van der Waals surface area contributed by atoms with Crippen molar-refractivity contribution in [1.29, 1.82) is 5.26 Å². The molecule has 0 amide bonds. The molecule has 0 spiro atoms. The highest BCUT2D eigenvalue weighted by Gasteiger charge is 2.26. The quantitative estimate of drug-likeness (QED) is 0.0400. The number of ether oxygens (including phenoxy) is 4. The number of carbonyl (C=O) groups excluding carboxylic acids is 4. The van der Waals surface area contributed by atoms with Crippen LogP contribution in [0, 0.1) is 24.5 Å². The third kappa shape index (κ3) is 14.6. The van der Waals surface area contributed by atoms with Crippen molar-refractivity contribution in [1.82, 2.24) is 24.1 Å². The number of rotatable bonds is 20. The summed E-state index contributed by atoms with van der Waals surface area (Å²) in [5.41, 5.74) is 16.0. The number of nitrogens with zero attached hydrogens (tertiary/aromatic N) is 8. The molecule has 114 heavy (non-hydrogen) atoms. The van der Waals surface area contributed by atoms with Gasteiger partial charge in [-0.2, -0.15) is 5.26 Å². The van der Waals surface area contributed by atoms with Crippen LogP contribution in [0.25, 0.3) is 132 Å². The first-order valence-electron chi connectivity index (χ1n) is 36.6. The van der Waals surface area contributed by atoms with Gasteiger partial charge in [0.25, 0.3) is 0 Å². The number of benzene rings is 14. The average molecular weight is 1480 g/mol. The second kappa shape index (κ2) is 31.3. The topological polar surface area (TPSA) is 186 Å². The maximum atomic E-state index is 14.0. The molecule has 0 atom stereocenters. The van der Waals surface area contributed by atoms with Crippen molar-refractivity contribution in [3.63, 3.8) is 0 Å². The number of fused-ring (bicyclic) bond motifs is 6. The van der Waals surface area contributed by atoms with E-state index in [0.717, 1.165) is 33.4 Å². The Morgan fingerprint density at radius 1 is 0.307 bits per heavy atom. The molecule has 16 heteroatoms. The number of nitriles is 1. The zero-order valence-electron chi connectivity index (χ0n) is 60.8. The van der Waals surface area contributed by atoms with Crippen LogP contribution in [-0.2, 0) is 45.4 Å². The molecule has 542 valence electrons. The van der Waals surface area contributed by atoms with Crippen molar-refractivity contribution in [2.45, 2.75) is 26.4 Å². The van der Waals surface area contributed by atoms with Crippen LogP contribution < -0.4 is 0 Å². The molecule has 14 aromatic carbocycles. The molecular weight excluding hydrogens is 1420 g/mol. The smallest absolute Gasteiger partial charge is 0.338 e. The third-order valence-corrected chi connectivity index (χ3v) is 20.0. The maximum absolute atomic E-state index is 14.0. The molecular formula is C98H62N8O8. The lowest BCUT2D eigenvalue weighted by Crippen LogP contribution is -2.05. The molecule has 17 aromatic rings. The molecule has 16 nitrogen and oxygen atoms in total. The molecule has 17 rings (SSSR count). The van der Waals surface area contributed by atoms with Gasteiger partial charge in [-0.3, -0.25) is 0 Å². The molecule has 0 saturated carbocycles. The highest BCUT2D eigenvalue weighted by Crippen LogP contribution is 2.43. The summed E-state index contributed by atoms with van der Waals surface area (Å²) in [5, 5.41) is 13.2. The van der Waals surface area contributed by atoms with Gasteiger partial charge in [-0.05, 0) is 189 Å². The van der Waals surface area contributed by atoms with E-state index >= 15 is 0 Å². The molecule has 0 unspecified atom stereocenters. The third-order valence-electron chi connectivity index (χ3n) is 20.0. The van der Waals surface area contributed by atoms with E-state index in [1.807, 2.05) is 261 Å². The van der Waals surface area contributed by atoms with Gasteiger partial charge >= 0.3 is 23.9 Å². The van der Waals surface area contributed by atoms with E-state index in [1.165, 1.54) is 0 Å². The Labute approximate surface area is 654 Å². The molecule has 0 fully saturated rings. The largest absolute Gasteiger partial charge is 0.457 e. The first kappa shape index (κ1) is 71.0. The van der Waals surface area contributed by atoms with Crippen molar-refractivity contribution in [2.24, 2.45) is 0 Å². The standard InChI is InChI=1S/C98H62N8O8/c1-100-76-30-16-27-69(49-76)67-32-34-68(35-33-67)92-102-93(80-42-40-78(55-82(80)70-28-15-26-66(48-70)57-99)105-88-44-36-72(95(107)111-58-62-18-7-3-8-19-62)51-84(88)85-52-73(37-45-89(85)105)96(108)112-59-63-20-9-4-10-21-63)104-94(103-92)81-43-41-79(56-83(81)71-29-17-31-77(50-71)101-2)106-90-46-38-74(97(109)113-60-64-22-11-5-12-23-64)53-86(90)87-54-75(39-47-91(87)106)98(110)114-61-65-24-13-6-14-25-65/h3-56H,58-61H2. The summed E-state index contributed by atoms with van der Waals surface area (Å²) in [4.78, 5) is 80.0. The van der Waals surface area contributed by atoms with E-state index in [2.05, 4.69) is 24.9 Å². The van der Waals surface area contributed by atoms with Crippen molar-refractivity contribution < 1.29 is 38.1 Å². The fraction of sp³-hybridized carbons (Fsp3) is 0.0408. The van der Waals surface area contributed by atoms with Gasteiger partial charge in [0.1, 0.15) is 26.4 Å². The van der Waals surface area contributed by atoms with Crippen molar-refractivity contribution in [3.05, 3.63) is 400 Å². The Hall–Kier alpha value is -16.0. The molecule has 0 aliphatic carbocycles. The minimum Gasteiger partial charge on any atom is -0.457 e. The van der Waals surface area contributed by atoms with Crippen LogP contribution in [0.1, 0.15) is 69.2 Å². The number of aromatic nitrogens is 5. The Bertz CT molecular complexity index is 6220.